The Morgan fingerprint density at radius 2 is 1.43 bits per heavy atom. The summed E-state index contributed by atoms with van der Waals surface area (Å²) in [5.74, 6) is 0.0395. The maximum absolute atomic E-state index is 12.8. The number of benzene rings is 3. The average molecular weight is 297 g/mol. The molecule has 110 valence electrons. The second kappa shape index (κ2) is 5.58. The van der Waals surface area contributed by atoms with E-state index < -0.39 is 0 Å². The maximum atomic E-state index is 12.8. The average Bonchev–Trinajstić information content (AvgIpc) is 3.07. The molecule has 0 aliphatic carbocycles. The SMILES string of the molecule is O=C(c1ccccc1)c1cccc2cc(-c3ccccc3)[nH]c12. The normalized spacial score (nSPS) is 10.8. The molecule has 0 aliphatic heterocycles. The fourth-order valence-corrected chi connectivity index (χ4v) is 2.86. The molecule has 0 saturated heterocycles. The van der Waals surface area contributed by atoms with Gasteiger partial charge in [-0.05, 0) is 17.7 Å². The van der Waals surface area contributed by atoms with Crippen molar-refractivity contribution in [1.29, 1.82) is 0 Å². The fourth-order valence-electron chi connectivity index (χ4n) is 2.86. The summed E-state index contributed by atoms with van der Waals surface area (Å²) in [5, 5.41) is 1.05. The molecule has 0 fully saturated rings. The van der Waals surface area contributed by atoms with Crippen LogP contribution in [-0.2, 0) is 0 Å². The quantitative estimate of drug-likeness (QED) is 0.526. The van der Waals surface area contributed by atoms with Crippen molar-refractivity contribution in [3.05, 3.63) is 96.1 Å². The molecule has 0 bridgehead atoms. The predicted molar refractivity (Wildman–Crippen MR) is 93.6 cm³/mol. The molecule has 1 heterocycles. The Labute approximate surface area is 134 Å². The van der Waals surface area contributed by atoms with Gasteiger partial charge < -0.3 is 4.98 Å². The van der Waals surface area contributed by atoms with Crippen molar-refractivity contribution in [1.82, 2.24) is 4.98 Å². The molecular formula is C21H15NO. The summed E-state index contributed by atoms with van der Waals surface area (Å²) in [5.41, 5.74) is 4.43. The molecule has 0 amide bonds. The minimum absolute atomic E-state index is 0.0395. The van der Waals surface area contributed by atoms with E-state index in [-0.39, 0.29) is 5.78 Å². The van der Waals surface area contributed by atoms with Crippen LogP contribution in [0.1, 0.15) is 15.9 Å². The summed E-state index contributed by atoms with van der Waals surface area (Å²) in [6.45, 7) is 0. The topological polar surface area (TPSA) is 32.9 Å². The number of carbonyl (C=O) groups is 1. The number of aromatic amines is 1. The van der Waals surface area contributed by atoms with E-state index in [1.54, 1.807) is 0 Å². The van der Waals surface area contributed by atoms with E-state index in [4.69, 9.17) is 0 Å². The van der Waals surface area contributed by atoms with Crippen molar-refractivity contribution in [2.75, 3.05) is 0 Å². The van der Waals surface area contributed by atoms with Gasteiger partial charge in [-0.2, -0.15) is 0 Å². The van der Waals surface area contributed by atoms with Crippen molar-refractivity contribution in [2.24, 2.45) is 0 Å². The van der Waals surface area contributed by atoms with Crippen molar-refractivity contribution in [2.45, 2.75) is 0 Å². The van der Waals surface area contributed by atoms with Crippen LogP contribution in [0.15, 0.2) is 84.9 Å². The van der Waals surface area contributed by atoms with Crippen molar-refractivity contribution >= 4 is 16.7 Å². The first-order valence-electron chi connectivity index (χ1n) is 7.60. The molecule has 3 aromatic carbocycles. The lowest BCUT2D eigenvalue weighted by molar-refractivity contribution is 0.104. The van der Waals surface area contributed by atoms with Gasteiger partial charge in [0.15, 0.2) is 5.78 Å². The molecule has 1 aromatic heterocycles. The molecular weight excluding hydrogens is 282 g/mol. The Bertz CT molecular complexity index is 969. The zero-order chi connectivity index (χ0) is 15.6. The number of H-pyrrole nitrogens is 1. The van der Waals surface area contributed by atoms with E-state index in [9.17, 15) is 4.79 Å². The Kier molecular flexibility index (Phi) is 3.28. The highest BCUT2D eigenvalue weighted by molar-refractivity contribution is 6.16. The Morgan fingerprint density at radius 1 is 0.739 bits per heavy atom. The maximum Gasteiger partial charge on any atom is 0.195 e. The number of rotatable bonds is 3. The van der Waals surface area contributed by atoms with Gasteiger partial charge in [0.2, 0.25) is 0 Å². The van der Waals surface area contributed by atoms with Gasteiger partial charge in [0.05, 0.1) is 5.52 Å². The molecule has 1 N–H and O–H groups in total. The number of para-hydroxylation sites is 1. The summed E-state index contributed by atoms with van der Waals surface area (Å²) in [4.78, 5) is 16.2. The molecule has 0 aliphatic rings. The summed E-state index contributed by atoms with van der Waals surface area (Å²) in [6, 6.07) is 27.5. The number of hydrogen-bond acceptors (Lipinski definition) is 1. The van der Waals surface area contributed by atoms with Crippen LogP contribution in [0.5, 0.6) is 0 Å². The number of fused-ring (bicyclic) bond motifs is 1. The van der Waals surface area contributed by atoms with E-state index in [0.29, 0.717) is 11.1 Å². The van der Waals surface area contributed by atoms with E-state index in [1.165, 1.54) is 0 Å². The van der Waals surface area contributed by atoms with Crippen LogP contribution in [0.2, 0.25) is 0 Å². The largest absolute Gasteiger partial charge is 0.354 e. The van der Waals surface area contributed by atoms with Gasteiger partial charge in [-0.3, -0.25) is 4.79 Å². The number of nitrogens with one attached hydrogen (secondary N) is 1. The van der Waals surface area contributed by atoms with Crippen LogP contribution in [0.25, 0.3) is 22.2 Å². The summed E-state index contributed by atoms with van der Waals surface area (Å²) in [7, 11) is 0. The minimum atomic E-state index is 0.0395. The van der Waals surface area contributed by atoms with E-state index in [0.717, 1.165) is 22.2 Å². The van der Waals surface area contributed by atoms with Crippen molar-refractivity contribution in [3.8, 4) is 11.3 Å². The van der Waals surface area contributed by atoms with E-state index >= 15 is 0 Å². The van der Waals surface area contributed by atoms with Crippen LogP contribution in [0.4, 0.5) is 0 Å². The van der Waals surface area contributed by atoms with Gasteiger partial charge in [-0.15, -0.1) is 0 Å². The van der Waals surface area contributed by atoms with Crippen LogP contribution >= 0.6 is 0 Å². The first-order valence-corrected chi connectivity index (χ1v) is 7.60. The summed E-state index contributed by atoms with van der Waals surface area (Å²) < 4.78 is 0. The number of ketones is 1. The Morgan fingerprint density at radius 3 is 2.17 bits per heavy atom. The first-order chi connectivity index (χ1) is 11.3. The van der Waals surface area contributed by atoms with Gasteiger partial charge in [0, 0.05) is 22.2 Å². The molecule has 23 heavy (non-hydrogen) atoms. The highest BCUT2D eigenvalue weighted by atomic mass is 16.1. The third-order valence-electron chi connectivity index (χ3n) is 4.02. The van der Waals surface area contributed by atoms with Crippen LogP contribution in [-0.4, -0.2) is 10.8 Å². The van der Waals surface area contributed by atoms with Gasteiger partial charge in [0.1, 0.15) is 0 Å². The van der Waals surface area contributed by atoms with Crippen molar-refractivity contribution in [3.63, 3.8) is 0 Å². The number of aromatic nitrogens is 1. The minimum Gasteiger partial charge on any atom is -0.354 e. The standard InChI is InChI=1S/C21H15NO/c23-21(16-10-5-2-6-11-16)18-13-7-12-17-14-19(22-20(17)18)15-8-3-1-4-9-15/h1-14,22H. The van der Waals surface area contributed by atoms with Gasteiger partial charge >= 0.3 is 0 Å². The molecule has 0 spiro atoms. The smallest absolute Gasteiger partial charge is 0.195 e. The Balaban J connectivity index is 1.85. The molecule has 0 radical (unpaired) electrons. The third-order valence-corrected chi connectivity index (χ3v) is 4.02. The van der Waals surface area contributed by atoms with E-state index in [1.807, 2.05) is 66.7 Å². The lowest BCUT2D eigenvalue weighted by Crippen LogP contribution is -2.01. The van der Waals surface area contributed by atoms with Gasteiger partial charge in [-0.25, -0.2) is 0 Å². The zero-order valence-corrected chi connectivity index (χ0v) is 12.5. The lowest BCUT2D eigenvalue weighted by atomic mass is 10.0. The fraction of sp³-hybridized carbons (Fsp3) is 0. The molecule has 0 saturated carbocycles. The lowest BCUT2D eigenvalue weighted by Gasteiger charge is -2.03. The molecule has 4 rings (SSSR count). The predicted octanol–water partition coefficient (Wildman–Crippen LogP) is 5.07. The van der Waals surface area contributed by atoms with E-state index in [2.05, 4.69) is 23.2 Å². The van der Waals surface area contributed by atoms with Gasteiger partial charge in [-0.1, -0.05) is 72.8 Å². The first kappa shape index (κ1) is 13.5. The molecule has 0 unspecified atom stereocenters. The zero-order valence-electron chi connectivity index (χ0n) is 12.5. The van der Waals surface area contributed by atoms with Gasteiger partial charge in [0.25, 0.3) is 0 Å². The van der Waals surface area contributed by atoms with Crippen molar-refractivity contribution < 1.29 is 4.79 Å². The summed E-state index contributed by atoms with van der Waals surface area (Å²) >= 11 is 0. The monoisotopic (exact) mass is 297 g/mol. The second-order valence-electron chi connectivity index (χ2n) is 5.51. The highest BCUT2D eigenvalue weighted by Crippen LogP contribution is 2.27. The summed E-state index contributed by atoms with van der Waals surface area (Å²) in [6.07, 6.45) is 0. The molecule has 2 nitrogen and oxygen atoms in total. The number of hydrogen-bond donors (Lipinski definition) is 1. The second-order valence-corrected chi connectivity index (χ2v) is 5.51. The van der Waals surface area contributed by atoms with Crippen LogP contribution < -0.4 is 0 Å². The van der Waals surface area contributed by atoms with Crippen LogP contribution in [0.3, 0.4) is 0 Å². The molecule has 2 heteroatoms. The molecule has 4 aromatic rings. The van der Waals surface area contributed by atoms with Crippen LogP contribution in [0, 0.1) is 0 Å². The number of carbonyl (C=O) groups excluding carboxylic acids is 1. The highest BCUT2D eigenvalue weighted by Gasteiger charge is 2.14. The third kappa shape index (κ3) is 2.44. The molecule has 0 atom stereocenters. The Hall–Kier alpha value is -3.13.